The molecular weight excluding hydrogens is 244 g/mol. The molecule has 0 fully saturated rings. The number of carbonyl (C=O) groups excluding carboxylic acids is 2. The molecule has 0 radical (unpaired) electrons. The number of hydrogen-bond acceptors (Lipinski definition) is 3. The zero-order valence-corrected chi connectivity index (χ0v) is 11.5. The Morgan fingerprint density at radius 3 is 2.58 bits per heavy atom. The Kier molecular flexibility index (Phi) is 5.36. The summed E-state index contributed by atoms with van der Waals surface area (Å²) in [6, 6.07) is 6.01. The molecule has 5 nitrogen and oxygen atoms in total. The minimum atomic E-state index is -0.970. The van der Waals surface area contributed by atoms with E-state index in [1.165, 1.54) is 5.56 Å². The molecule has 0 heterocycles. The van der Waals surface area contributed by atoms with Crippen LogP contribution in [0.1, 0.15) is 30.9 Å². The fourth-order valence-corrected chi connectivity index (χ4v) is 1.72. The summed E-state index contributed by atoms with van der Waals surface area (Å²) in [5.74, 6) is -0.517. The summed E-state index contributed by atoms with van der Waals surface area (Å²) in [6.07, 6.45) is 0.584. The molecule has 0 aliphatic rings. The molecule has 0 spiro atoms. The van der Waals surface area contributed by atoms with Gasteiger partial charge >= 0.3 is 11.8 Å². The third-order valence-corrected chi connectivity index (χ3v) is 2.88. The Labute approximate surface area is 113 Å². The molecular formula is C14H20N2O3. The van der Waals surface area contributed by atoms with Crippen LogP contribution in [0.4, 0.5) is 0 Å². The molecule has 0 aliphatic carbocycles. The lowest BCUT2D eigenvalue weighted by atomic mass is 10.00. The Balaban J connectivity index is 2.68. The van der Waals surface area contributed by atoms with Crippen molar-refractivity contribution in [2.24, 2.45) is 5.73 Å². The lowest BCUT2D eigenvalue weighted by Crippen LogP contribution is -2.37. The molecule has 0 aromatic heterocycles. The van der Waals surface area contributed by atoms with E-state index >= 15 is 0 Å². The van der Waals surface area contributed by atoms with E-state index in [1.807, 2.05) is 18.2 Å². The second-order valence-electron chi connectivity index (χ2n) is 4.60. The van der Waals surface area contributed by atoms with Gasteiger partial charge in [-0.05, 0) is 29.5 Å². The van der Waals surface area contributed by atoms with Crippen LogP contribution < -0.4 is 15.8 Å². The Hall–Kier alpha value is -2.04. The number of ether oxygens (including phenoxy) is 1. The normalized spacial score (nSPS) is 10.3. The fourth-order valence-electron chi connectivity index (χ4n) is 1.72. The summed E-state index contributed by atoms with van der Waals surface area (Å²) in [5.41, 5.74) is 7.03. The highest BCUT2D eigenvalue weighted by atomic mass is 16.5. The van der Waals surface area contributed by atoms with Crippen LogP contribution in [0.2, 0.25) is 0 Å². The van der Waals surface area contributed by atoms with Crippen molar-refractivity contribution in [2.75, 3.05) is 13.7 Å². The first-order valence-corrected chi connectivity index (χ1v) is 6.20. The maximum absolute atomic E-state index is 11.0. The minimum absolute atomic E-state index is 0.346. The van der Waals surface area contributed by atoms with Crippen LogP contribution in [0.3, 0.4) is 0 Å². The number of primary amides is 1. The Bertz CT molecular complexity index is 470. The monoisotopic (exact) mass is 264 g/mol. The van der Waals surface area contributed by atoms with Crippen LogP contribution in [0, 0.1) is 0 Å². The van der Waals surface area contributed by atoms with Gasteiger partial charge in [0.2, 0.25) is 0 Å². The molecule has 19 heavy (non-hydrogen) atoms. The largest absolute Gasteiger partial charge is 0.496 e. The van der Waals surface area contributed by atoms with E-state index in [2.05, 4.69) is 19.2 Å². The number of rotatable bonds is 5. The average Bonchev–Trinajstić information content (AvgIpc) is 2.38. The van der Waals surface area contributed by atoms with Crippen LogP contribution in [0.15, 0.2) is 18.2 Å². The fraction of sp³-hybridized carbons (Fsp3) is 0.429. The van der Waals surface area contributed by atoms with Crippen molar-refractivity contribution < 1.29 is 14.3 Å². The highest BCUT2D eigenvalue weighted by Crippen LogP contribution is 2.24. The van der Waals surface area contributed by atoms with Gasteiger partial charge in [-0.25, -0.2) is 0 Å². The molecule has 5 heteroatoms. The van der Waals surface area contributed by atoms with Crippen molar-refractivity contribution in [2.45, 2.75) is 26.2 Å². The smallest absolute Gasteiger partial charge is 0.309 e. The van der Waals surface area contributed by atoms with Crippen molar-refractivity contribution in [3.05, 3.63) is 29.3 Å². The maximum atomic E-state index is 11.0. The lowest BCUT2D eigenvalue weighted by molar-refractivity contribution is -0.137. The molecule has 0 atom stereocenters. The van der Waals surface area contributed by atoms with E-state index in [0.29, 0.717) is 18.9 Å². The van der Waals surface area contributed by atoms with Gasteiger partial charge in [-0.1, -0.05) is 26.0 Å². The summed E-state index contributed by atoms with van der Waals surface area (Å²) in [5, 5.41) is 2.45. The van der Waals surface area contributed by atoms with Gasteiger partial charge in [-0.2, -0.15) is 0 Å². The van der Waals surface area contributed by atoms with Crippen LogP contribution in [0.25, 0.3) is 0 Å². The third kappa shape index (κ3) is 4.28. The zero-order chi connectivity index (χ0) is 14.4. The maximum Gasteiger partial charge on any atom is 0.309 e. The number of hydrogen-bond donors (Lipinski definition) is 2. The van der Waals surface area contributed by atoms with Crippen molar-refractivity contribution in [1.82, 2.24) is 5.32 Å². The van der Waals surface area contributed by atoms with Crippen LogP contribution in [0.5, 0.6) is 5.75 Å². The van der Waals surface area contributed by atoms with Gasteiger partial charge in [0.25, 0.3) is 0 Å². The van der Waals surface area contributed by atoms with Gasteiger partial charge in [0, 0.05) is 6.54 Å². The number of nitrogens with one attached hydrogen (secondary N) is 1. The third-order valence-electron chi connectivity index (χ3n) is 2.88. The second kappa shape index (κ2) is 6.78. The molecule has 0 saturated carbocycles. The molecule has 0 saturated heterocycles. The number of nitrogens with two attached hydrogens (primary N) is 1. The number of methoxy groups -OCH3 is 1. The molecule has 104 valence electrons. The molecule has 0 aliphatic heterocycles. The second-order valence-corrected chi connectivity index (χ2v) is 4.60. The minimum Gasteiger partial charge on any atom is -0.496 e. The van der Waals surface area contributed by atoms with Crippen molar-refractivity contribution in [1.29, 1.82) is 0 Å². The molecule has 3 N–H and O–H groups in total. The topological polar surface area (TPSA) is 81.4 Å². The van der Waals surface area contributed by atoms with E-state index < -0.39 is 11.8 Å². The molecule has 2 amide bonds. The van der Waals surface area contributed by atoms with Crippen molar-refractivity contribution in [3.8, 4) is 5.75 Å². The van der Waals surface area contributed by atoms with E-state index in [9.17, 15) is 9.59 Å². The molecule has 1 rings (SSSR count). The molecule has 1 aromatic rings. The van der Waals surface area contributed by atoms with Gasteiger partial charge in [-0.15, -0.1) is 0 Å². The summed E-state index contributed by atoms with van der Waals surface area (Å²) in [7, 11) is 1.62. The quantitative estimate of drug-likeness (QED) is 0.777. The molecule has 0 bridgehead atoms. The molecule has 0 unspecified atom stereocenters. The van der Waals surface area contributed by atoms with E-state index in [1.54, 1.807) is 7.11 Å². The first-order chi connectivity index (χ1) is 8.95. The van der Waals surface area contributed by atoms with Gasteiger partial charge in [0.1, 0.15) is 5.75 Å². The van der Waals surface area contributed by atoms with Gasteiger partial charge in [-0.3, -0.25) is 9.59 Å². The highest BCUT2D eigenvalue weighted by Gasteiger charge is 2.09. The first-order valence-electron chi connectivity index (χ1n) is 6.20. The summed E-state index contributed by atoms with van der Waals surface area (Å²) in [4.78, 5) is 21.6. The Morgan fingerprint density at radius 1 is 1.37 bits per heavy atom. The number of carbonyl (C=O) groups is 2. The summed E-state index contributed by atoms with van der Waals surface area (Å²) in [6.45, 7) is 4.57. The first kappa shape index (κ1) is 15.0. The predicted molar refractivity (Wildman–Crippen MR) is 73.0 cm³/mol. The lowest BCUT2D eigenvalue weighted by Gasteiger charge is -2.12. The van der Waals surface area contributed by atoms with Gasteiger partial charge < -0.3 is 15.8 Å². The van der Waals surface area contributed by atoms with Crippen molar-refractivity contribution in [3.63, 3.8) is 0 Å². The predicted octanol–water partition coefficient (Wildman–Crippen LogP) is 0.963. The Morgan fingerprint density at radius 2 is 2.05 bits per heavy atom. The van der Waals surface area contributed by atoms with E-state index in [0.717, 1.165) is 11.3 Å². The van der Waals surface area contributed by atoms with Gasteiger partial charge in [0.15, 0.2) is 0 Å². The average molecular weight is 264 g/mol. The zero-order valence-electron chi connectivity index (χ0n) is 11.5. The number of amides is 2. The molecule has 1 aromatic carbocycles. The van der Waals surface area contributed by atoms with Crippen LogP contribution in [-0.4, -0.2) is 25.5 Å². The SMILES string of the molecule is COc1cc(C(C)C)ccc1CCNC(=O)C(N)=O. The number of benzene rings is 1. The summed E-state index contributed by atoms with van der Waals surface area (Å²) >= 11 is 0. The highest BCUT2D eigenvalue weighted by molar-refractivity contribution is 6.34. The van der Waals surface area contributed by atoms with Crippen LogP contribution in [-0.2, 0) is 16.0 Å². The van der Waals surface area contributed by atoms with E-state index in [-0.39, 0.29) is 0 Å². The van der Waals surface area contributed by atoms with Crippen LogP contribution >= 0.6 is 0 Å². The van der Waals surface area contributed by atoms with Crippen molar-refractivity contribution >= 4 is 11.8 Å². The summed E-state index contributed by atoms with van der Waals surface area (Å²) < 4.78 is 5.34. The van der Waals surface area contributed by atoms with Gasteiger partial charge in [0.05, 0.1) is 7.11 Å². The van der Waals surface area contributed by atoms with E-state index in [4.69, 9.17) is 10.5 Å². The standard InChI is InChI=1S/C14H20N2O3/c1-9(2)11-5-4-10(12(8-11)19-3)6-7-16-14(18)13(15)17/h4-5,8-9H,6-7H2,1-3H3,(H2,15,17)(H,16,18).